The number of aliphatic imine (C=N–C) groups is 1. The minimum Gasteiger partial charge on any atom is -0.466 e. The van der Waals surface area contributed by atoms with Crippen molar-refractivity contribution in [1.29, 1.82) is 0 Å². The summed E-state index contributed by atoms with van der Waals surface area (Å²) in [6, 6.07) is -0.350. The Hall–Kier alpha value is -1.78. The standard InChI is InChI=1S/C16H22N4O4S2/c1-16(2,3)26(22,23)19-10-7-12-11(15(21)24-4)8-18-13(20(12)9-10)14-17-5-6-25-14/h5-6,10,19H,7-9H2,1-4H3. The Kier molecular flexibility index (Phi) is 4.93. The number of aromatic nitrogens is 1. The monoisotopic (exact) mass is 398 g/mol. The van der Waals surface area contributed by atoms with Crippen LogP contribution in [0.25, 0.3) is 0 Å². The average molecular weight is 399 g/mol. The van der Waals surface area contributed by atoms with Gasteiger partial charge in [-0.05, 0) is 20.8 Å². The predicted octanol–water partition coefficient (Wildman–Crippen LogP) is 1.12. The Morgan fingerprint density at radius 1 is 1.42 bits per heavy atom. The molecule has 1 unspecified atom stereocenters. The van der Waals surface area contributed by atoms with Crippen LogP contribution >= 0.6 is 11.3 Å². The van der Waals surface area contributed by atoms with Crippen LogP contribution in [0.4, 0.5) is 0 Å². The lowest BCUT2D eigenvalue weighted by Crippen LogP contribution is -2.46. The first-order valence-electron chi connectivity index (χ1n) is 8.18. The number of ether oxygens (including phenoxy) is 1. The van der Waals surface area contributed by atoms with Gasteiger partial charge in [-0.25, -0.2) is 22.9 Å². The van der Waals surface area contributed by atoms with Gasteiger partial charge in [-0.3, -0.25) is 4.99 Å². The number of amidine groups is 1. The second kappa shape index (κ2) is 6.75. The summed E-state index contributed by atoms with van der Waals surface area (Å²) in [7, 11) is -2.18. The average Bonchev–Trinajstić information content (AvgIpc) is 3.20. The number of sulfonamides is 1. The zero-order valence-corrected chi connectivity index (χ0v) is 16.8. The van der Waals surface area contributed by atoms with Gasteiger partial charge in [0.25, 0.3) is 0 Å². The number of nitrogens with zero attached hydrogens (tertiary/aromatic N) is 3. The number of thiazole rings is 1. The van der Waals surface area contributed by atoms with Gasteiger partial charge in [-0.2, -0.15) is 0 Å². The van der Waals surface area contributed by atoms with Crippen molar-refractivity contribution < 1.29 is 17.9 Å². The number of carbonyl (C=O) groups excluding carboxylic acids is 1. The highest BCUT2D eigenvalue weighted by Gasteiger charge is 2.40. The first-order chi connectivity index (χ1) is 12.1. The van der Waals surface area contributed by atoms with E-state index < -0.39 is 20.7 Å². The number of hydrogen-bond acceptors (Lipinski definition) is 8. The first kappa shape index (κ1) is 19.0. The summed E-state index contributed by atoms with van der Waals surface area (Å²) in [6.45, 7) is 5.55. The van der Waals surface area contributed by atoms with Crippen LogP contribution in [0.5, 0.6) is 0 Å². The fraction of sp³-hybridized carbons (Fsp3) is 0.562. The van der Waals surface area contributed by atoms with Crippen molar-refractivity contribution in [1.82, 2.24) is 14.6 Å². The molecule has 0 bridgehead atoms. The van der Waals surface area contributed by atoms with Crippen LogP contribution in [-0.2, 0) is 19.6 Å². The SMILES string of the molecule is COC(=O)C1=C2CC(NS(=O)(=O)C(C)(C)C)CN2C(c2nccs2)=NC1. The van der Waals surface area contributed by atoms with Crippen LogP contribution in [0.3, 0.4) is 0 Å². The summed E-state index contributed by atoms with van der Waals surface area (Å²) in [5, 5.41) is 2.60. The van der Waals surface area contributed by atoms with Gasteiger partial charge in [0.1, 0.15) is 0 Å². The van der Waals surface area contributed by atoms with Crippen LogP contribution < -0.4 is 4.72 Å². The number of hydrogen-bond donors (Lipinski definition) is 1. The molecule has 0 amide bonds. The molecule has 2 aliphatic rings. The van der Waals surface area contributed by atoms with E-state index in [4.69, 9.17) is 4.74 Å². The molecule has 10 heteroatoms. The lowest BCUT2D eigenvalue weighted by molar-refractivity contribution is -0.136. The van der Waals surface area contributed by atoms with Crippen molar-refractivity contribution in [2.75, 3.05) is 20.2 Å². The van der Waals surface area contributed by atoms with E-state index >= 15 is 0 Å². The maximum Gasteiger partial charge on any atom is 0.337 e. The number of nitrogens with one attached hydrogen (secondary N) is 1. The summed E-state index contributed by atoms with van der Waals surface area (Å²) in [4.78, 5) is 22.8. The third kappa shape index (κ3) is 3.40. The van der Waals surface area contributed by atoms with Crippen LogP contribution in [0, 0.1) is 0 Å². The van der Waals surface area contributed by atoms with Crippen LogP contribution in [0.15, 0.2) is 27.8 Å². The molecule has 26 heavy (non-hydrogen) atoms. The van der Waals surface area contributed by atoms with E-state index in [9.17, 15) is 13.2 Å². The first-order valence-corrected chi connectivity index (χ1v) is 10.5. The number of esters is 1. The molecule has 3 rings (SSSR count). The largest absolute Gasteiger partial charge is 0.466 e. The van der Waals surface area contributed by atoms with E-state index in [1.807, 2.05) is 10.3 Å². The van der Waals surface area contributed by atoms with Crippen molar-refractivity contribution in [3.05, 3.63) is 27.9 Å². The summed E-state index contributed by atoms with van der Waals surface area (Å²) >= 11 is 1.45. The molecule has 142 valence electrons. The number of fused-ring (bicyclic) bond motifs is 1. The van der Waals surface area contributed by atoms with Crippen LogP contribution in [0.2, 0.25) is 0 Å². The Balaban J connectivity index is 1.93. The fourth-order valence-corrected chi connectivity index (χ4v) is 4.47. The van der Waals surface area contributed by atoms with Crippen molar-refractivity contribution in [2.45, 2.75) is 38.0 Å². The van der Waals surface area contributed by atoms with Gasteiger partial charge >= 0.3 is 5.97 Å². The van der Waals surface area contributed by atoms with Crippen molar-refractivity contribution in [2.24, 2.45) is 4.99 Å². The maximum absolute atomic E-state index is 12.5. The van der Waals surface area contributed by atoms with Gasteiger partial charge in [0.2, 0.25) is 10.0 Å². The second-order valence-electron chi connectivity index (χ2n) is 7.14. The van der Waals surface area contributed by atoms with Crippen molar-refractivity contribution in [3.8, 4) is 0 Å². The molecule has 0 radical (unpaired) electrons. The Labute approximate surface area is 157 Å². The van der Waals surface area contributed by atoms with E-state index in [1.54, 1.807) is 27.0 Å². The Morgan fingerprint density at radius 3 is 2.73 bits per heavy atom. The van der Waals surface area contributed by atoms with E-state index in [1.165, 1.54) is 18.4 Å². The Bertz CT molecular complexity index is 867. The number of carbonyl (C=O) groups is 1. The lowest BCUT2D eigenvalue weighted by Gasteiger charge is -2.26. The minimum atomic E-state index is -3.51. The molecule has 1 fully saturated rings. The third-order valence-corrected chi connectivity index (χ3v) is 7.37. The quantitative estimate of drug-likeness (QED) is 0.763. The van der Waals surface area contributed by atoms with Gasteiger partial charge in [0, 0.05) is 36.3 Å². The summed E-state index contributed by atoms with van der Waals surface area (Å²) in [6.07, 6.45) is 2.10. The zero-order chi connectivity index (χ0) is 19.1. The summed E-state index contributed by atoms with van der Waals surface area (Å²) in [5.41, 5.74) is 1.21. The molecule has 1 aromatic rings. The van der Waals surface area contributed by atoms with Crippen molar-refractivity contribution in [3.63, 3.8) is 0 Å². The normalized spacial score (nSPS) is 20.8. The number of rotatable bonds is 4. The van der Waals surface area contributed by atoms with E-state index in [0.717, 1.165) is 10.7 Å². The molecule has 0 saturated carbocycles. The lowest BCUT2D eigenvalue weighted by atomic mass is 10.1. The van der Waals surface area contributed by atoms with Gasteiger partial charge < -0.3 is 9.64 Å². The van der Waals surface area contributed by atoms with Gasteiger partial charge in [-0.15, -0.1) is 11.3 Å². The molecule has 1 aromatic heterocycles. The number of methoxy groups -OCH3 is 1. The van der Waals surface area contributed by atoms with Gasteiger partial charge in [0.05, 0.1) is 24.0 Å². The van der Waals surface area contributed by atoms with Gasteiger partial charge in [0.15, 0.2) is 10.8 Å². The molecular formula is C16H22N4O4S2. The van der Waals surface area contributed by atoms with Crippen molar-refractivity contribution >= 4 is 33.2 Å². The highest BCUT2D eigenvalue weighted by Crippen LogP contribution is 2.32. The second-order valence-corrected chi connectivity index (χ2v) is 10.5. The van der Waals surface area contributed by atoms with E-state index in [2.05, 4.69) is 14.7 Å². The smallest absolute Gasteiger partial charge is 0.337 e. The third-order valence-electron chi connectivity index (χ3n) is 4.34. The molecular weight excluding hydrogens is 376 g/mol. The van der Waals surface area contributed by atoms with Gasteiger partial charge in [-0.1, -0.05) is 0 Å². The maximum atomic E-state index is 12.5. The topological polar surface area (TPSA) is 101 Å². The van der Waals surface area contributed by atoms with E-state index in [-0.39, 0.29) is 12.6 Å². The molecule has 0 aromatic carbocycles. The molecule has 1 saturated heterocycles. The molecule has 8 nitrogen and oxygen atoms in total. The zero-order valence-electron chi connectivity index (χ0n) is 15.1. The molecule has 3 heterocycles. The fourth-order valence-electron chi connectivity index (χ4n) is 2.87. The minimum absolute atomic E-state index is 0.201. The summed E-state index contributed by atoms with van der Waals surface area (Å²) < 4.78 is 31.8. The summed E-state index contributed by atoms with van der Waals surface area (Å²) in [5.74, 6) is 0.228. The Morgan fingerprint density at radius 2 is 2.15 bits per heavy atom. The highest BCUT2D eigenvalue weighted by molar-refractivity contribution is 7.90. The van der Waals surface area contributed by atoms with Crippen LogP contribution in [0.1, 0.15) is 32.2 Å². The van der Waals surface area contributed by atoms with Crippen LogP contribution in [-0.4, -0.2) is 61.1 Å². The molecule has 1 atom stereocenters. The predicted molar refractivity (Wildman–Crippen MR) is 99.5 cm³/mol. The molecule has 2 aliphatic heterocycles. The molecule has 1 N–H and O–H groups in total. The molecule has 0 spiro atoms. The molecule has 0 aliphatic carbocycles. The van der Waals surface area contributed by atoms with E-state index in [0.29, 0.717) is 24.4 Å². The highest BCUT2D eigenvalue weighted by atomic mass is 32.2.